The predicted octanol–water partition coefficient (Wildman–Crippen LogP) is 3.80. The molecule has 96 valence electrons. The third-order valence-electron chi connectivity index (χ3n) is 3.15. The molecular formula is C15H14ClN3. The first-order valence-electron chi connectivity index (χ1n) is 5.98. The number of rotatable bonds is 3. The van der Waals surface area contributed by atoms with Crippen LogP contribution in [0.4, 0.5) is 5.82 Å². The Morgan fingerprint density at radius 3 is 2.63 bits per heavy atom. The Bertz CT molecular complexity index is 619. The van der Waals surface area contributed by atoms with E-state index in [1.807, 2.05) is 54.4 Å². The Morgan fingerprint density at radius 2 is 1.95 bits per heavy atom. The molecule has 2 aromatic rings. The van der Waals surface area contributed by atoms with E-state index >= 15 is 0 Å². The van der Waals surface area contributed by atoms with Gasteiger partial charge in [-0.3, -0.25) is 0 Å². The summed E-state index contributed by atoms with van der Waals surface area (Å²) in [6.45, 7) is 2.06. The summed E-state index contributed by atoms with van der Waals surface area (Å²) in [7, 11) is 1.94. The minimum atomic E-state index is 0.0788. The fraction of sp³-hybridized carbons (Fsp3) is 0.200. The summed E-state index contributed by atoms with van der Waals surface area (Å²) in [4.78, 5) is 6.29. The van der Waals surface area contributed by atoms with E-state index in [-0.39, 0.29) is 6.04 Å². The van der Waals surface area contributed by atoms with Crippen LogP contribution in [0.25, 0.3) is 0 Å². The second-order valence-electron chi connectivity index (χ2n) is 4.30. The first-order valence-corrected chi connectivity index (χ1v) is 6.35. The van der Waals surface area contributed by atoms with Crippen LogP contribution in [0, 0.1) is 11.3 Å². The molecule has 0 aliphatic heterocycles. The first kappa shape index (κ1) is 13.4. The molecule has 0 N–H and O–H groups in total. The van der Waals surface area contributed by atoms with Crippen LogP contribution in [0.5, 0.6) is 0 Å². The fourth-order valence-electron chi connectivity index (χ4n) is 1.90. The molecule has 4 heteroatoms. The minimum Gasteiger partial charge on any atom is -0.353 e. The average molecular weight is 272 g/mol. The molecule has 0 radical (unpaired) electrons. The Morgan fingerprint density at radius 1 is 1.21 bits per heavy atom. The van der Waals surface area contributed by atoms with E-state index in [1.165, 1.54) is 0 Å². The van der Waals surface area contributed by atoms with Gasteiger partial charge in [0.2, 0.25) is 0 Å². The minimum absolute atomic E-state index is 0.0788. The van der Waals surface area contributed by atoms with Gasteiger partial charge >= 0.3 is 0 Å². The second-order valence-corrected chi connectivity index (χ2v) is 4.71. The standard InChI is InChI=1S/C15H14ClN3/c1-11(13-7-3-4-8-14(13)16)19(2)15-9-5-6-12(10-17)18-15/h3-9,11H,1-2H3. The van der Waals surface area contributed by atoms with Crippen molar-refractivity contribution in [2.75, 3.05) is 11.9 Å². The van der Waals surface area contributed by atoms with Crippen molar-refractivity contribution in [3.63, 3.8) is 0 Å². The molecule has 1 atom stereocenters. The summed E-state index contributed by atoms with van der Waals surface area (Å²) in [6, 6.07) is 15.3. The van der Waals surface area contributed by atoms with Crippen molar-refractivity contribution < 1.29 is 0 Å². The Labute approximate surface area is 118 Å². The third-order valence-corrected chi connectivity index (χ3v) is 3.49. The van der Waals surface area contributed by atoms with Crippen molar-refractivity contribution in [2.45, 2.75) is 13.0 Å². The Balaban J connectivity index is 2.31. The number of halogens is 1. The molecule has 0 aliphatic rings. The molecule has 0 bridgehead atoms. The van der Waals surface area contributed by atoms with Gasteiger partial charge in [-0.05, 0) is 30.7 Å². The third kappa shape index (κ3) is 2.86. The van der Waals surface area contributed by atoms with Gasteiger partial charge in [0, 0.05) is 12.1 Å². The van der Waals surface area contributed by atoms with E-state index in [9.17, 15) is 0 Å². The van der Waals surface area contributed by atoms with Crippen molar-refractivity contribution in [2.24, 2.45) is 0 Å². The molecule has 3 nitrogen and oxygen atoms in total. The maximum atomic E-state index is 8.89. The van der Waals surface area contributed by atoms with Gasteiger partial charge in [0.25, 0.3) is 0 Å². The van der Waals surface area contributed by atoms with Crippen LogP contribution >= 0.6 is 11.6 Å². The van der Waals surface area contributed by atoms with E-state index in [1.54, 1.807) is 6.07 Å². The van der Waals surface area contributed by atoms with E-state index in [0.717, 1.165) is 16.4 Å². The van der Waals surface area contributed by atoms with Crippen LogP contribution in [0.3, 0.4) is 0 Å². The highest BCUT2D eigenvalue weighted by molar-refractivity contribution is 6.31. The van der Waals surface area contributed by atoms with Gasteiger partial charge in [-0.15, -0.1) is 0 Å². The lowest BCUT2D eigenvalue weighted by molar-refractivity contribution is 0.728. The lowest BCUT2D eigenvalue weighted by Crippen LogP contribution is -2.23. The largest absolute Gasteiger partial charge is 0.353 e. The molecule has 1 aromatic carbocycles. The highest BCUT2D eigenvalue weighted by Crippen LogP contribution is 2.28. The van der Waals surface area contributed by atoms with Crippen molar-refractivity contribution in [1.29, 1.82) is 5.26 Å². The zero-order valence-corrected chi connectivity index (χ0v) is 11.6. The molecular weight excluding hydrogens is 258 g/mol. The summed E-state index contributed by atoms with van der Waals surface area (Å²) < 4.78 is 0. The predicted molar refractivity (Wildman–Crippen MR) is 77.2 cm³/mol. The second kappa shape index (κ2) is 5.73. The summed E-state index contributed by atoms with van der Waals surface area (Å²) >= 11 is 6.21. The Kier molecular flexibility index (Phi) is 4.03. The monoisotopic (exact) mass is 271 g/mol. The van der Waals surface area contributed by atoms with E-state index in [4.69, 9.17) is 16.9 Å². The molecule has 0 saturated carbocycles. The molecule has 0 spiro atoms. The van der Waals surface area contributed by atoms with E-state index in [0.29, 0.717) is 5.69 Å². The normalized spacial score (nSPS) is 11.7. The summed E-state index contributed by atoms with van der Waals surface area (Å²) in [5.41, 5.74) is 1.45. The number of pyridine rings is 1. The molecule has 0 saturated heterocycles. The van der Waals surface area contributed by atoms with Crippen molar-refractivity contribution in [3.8, 4) is 6.07 Å². The van der Waals surface area contributed by atoms with Gasteiger partial charge in [0.05, 0.1) is 6.04 Å². The number of nitrogens with zero attached hydrogens (tertiary/aromatic N) is 3. The molecule has 0 aliphatic carbocycles. The van der Waals surface area contributed by atoms with Gasteiger partial charge < -0.3 is 4.90 Å². The zero-order chi connectivity index (χ0) is 13.8. The van der Waals surface area contributed by atoms with Gasteiger partial charge in [-0.1, -0.05) is 35.9 Å². The van der Waals surface area contributed by atoms with E-state index < -0.39 is 0 Å². The lowest BCUT2D eigenvalue weighted by atomic mass is 10.1. The van der Waals surface area contributed by atoms with Crippen LogP contribution in [0.2, 0.25) is 5.02 Å². The van der Waals surface area contributed by atoms with E-state index in [2.05, 4.69) is 11.9 Å². The highest BCUT2D eigenvalue weighted by Gasteiger charge is 2.15. The summed E-state index contributed by atoms with van der Waals surface area (Å²) in [6.07, 6.45) is 0. The van der Waals surface area contributed by atoms with Crippen LogP contribution < -0.4 is 4.90 Å². The highest BCUT2D eigenvalue weighted by atomic mass is 35.5. The van der Waals surface area contributed by atoms with Crippen LogP contribution in [0.1, 0.15) is 24.2 Å². The quantitative estimate of drug-likeness (QED) is 0.852. The first-order chi connectivity index (χ1) is 9.13. The number of hydrogen-bond acceptors (Lipinski definition) is 3. The molecule has 1 aromatic heterocycles. The van der Waals surface area contributed by atoms with Crippen molar-refractivity contribution in [1.82, 2.24) is 4.98 Å². The van der Waals surface area contributed by atoms with Gasteiger partial charge in [0.15, 0.2) is 0 Å². The summed E-state index contributed by atoms with van der Waals surface area (Å²) in [5, 5.41) is 9.63. The summed E-state index contributed by atoms with van der Waals surface area (Å²) in [5.74, 6) is 0.756. The molecule has 1 heterocycles. The smallest absolute Gasteiger partial charge is 0.142 e. The number of hydrogen-bond donors (Lipinski definition) is 0. The van der Waals surface area contributed by atoms with Crippen LogP contribution in [-0.2, 0) is 0 Å². The topological polar surface area (TPSA) is 39.9 Å². The van der Waals surface area contributed by atoms with Gasteiger partial charge in [-0.25, -0.2) is 4.98 Å². The zero-order valence-electron chi connectivity index (χ0n) is 10.8. The Hall–Kier alpha value is -2.05. The van der Waals surface area contributed by atoms with Crippen molar-refractivity contribution in [3.05, 3.63) is 58.7 Å². The van der Waals surface area contributed by atoms with Gasteiger partial charge in [0.1, 0.15) is 17.6 Å². The van der Waals surface area contributed by atoms with Gasteiger partial charge in [-0.2, -0.15) is 5.26 Å². The molecule has 1 unspecified atom stereocenters. The number of aromatic nitrogens is 1. The van der Waals surface area contributed by atoms with Crippen molar-refractivity contribution >= 4 is 17.4 Å². The molecule has 0 amide bonds. The fourth-order valence-corrected chi connectivity index (χ4v) is 2.20. The number of nitriles is 1. The van der Waals surface area contributed by atoms with Crippen LogP contribution in [0.15, 0.2) is 42.5 Å². The lowest BCUT2D eigenvalue weighted by Gasteiger charge is -2.27. The average Bonchev–Trinajstić information content (AvgIpc) is 2.46. The number of benzene rings is 1. The maximum absolute atomic E-state index is 8.89. The SMILES string of the molecule is CC(c1ccccc1Cl)N(C)c1cccc(C#N)n1. The number of anilines is 1. The maximum Gasteiger partial charge on any atom is 0.142 e. The molecule has 0 fully saturated rings. The molecule has 19 heavy (non-hydrogen) atoms. The molecule has 2 rings (SSSR count). The van der Waals surface area contributed by atoms with Crippen LogP contribution in [-0.4, -0.2) is 12.0 Å².